The Bertz CT molecular complexity index is 1360. The van der Waals surface area contributed by atoms with E-state index in [-0.39, 0.29) is 17.4 Å². The number of carbonyl (C=O) groups excluding carboxylic acids is 3. The minimum atomic E-state index is -3.60. The van der Waals surface area contributed by atoms with Gasteiger partial charge in [-0.05, 0) is 75.3 Å². The second-order valence-corrected chi connectivity index (χ2v) is 13.4. The molecule has 1 aromatic carbocycles. The number of anilines is 1. The van der Waals surface area contributed by atoms with Crippen LogP contribution in [0.15, 0.2) is 29.2 Å². The minimum Gasteiger partial charge on any atom is -0.450 e. The van der Waals surface area contributed by atoms with Crippen LogP contribution in [0.1, 0.15) is 76.6 Å². The third-order valence-electron chi connectivity index (χ3n) is 7.74. The molecule has 5 rings (SSSR count). The number of thiophene rings is 1. The van der Waals surface area contributed by atoms with Crippen LogP contribution in [0, 0.1) is 0 Å². The van der Waals surface area contributed by atoms with Gasteiger partial charge in [-0.15, -0.1) is 11.3 Å². The number of nitrogens with zero attached hydrogens (tertiary/aromatic N) is 3. The third-order valence-corrected chi connectivity index (χ3v) is 10.8. The molecule has 0 atom stereocenters. The number of nitrogens with one attached hydrogen (secondary N) is 1. The van der Waals surface area contributed by atoms with E-state index in [1.165, 1.54) is 39.9 Å². The van der Waals surface area contributed by atoms with Crippen molar-refractivity contribution in [2.24, 2.45) is 0 Å². The molecule has 0 radical (unpaired) electrons. The number of hydrogen-bond donors (Lipinski definition) is 1. The number of sulfonamides is 1. The van der Waals surface area contributed by atoms with Crippen LogP contribution >= 0.6 is 11.3 Å². The number of likely N-dealkylation sites (tertiary alicyclic amines) is 1. The van der Waals surface area contributed by atoms with E-state index in [0.29, 0.717) is 61.8 Å². The quantitative estimate of drug-likeness (QED) is 0.538. The molecule has 3 aliphatic heterocycles. The summed E-state index contributed by atoms with van der Waals surface area (Å²) >= 11 is 1.31. The Morgan fingerprint density at radius 1 is 0.900 bits per heavy atom. The van der Waals surface area contributed by atoms with Crippen molar-refractivity contribution >= 4 is 44.3 Å². The van der Waals surface area contributed by atoms with Crippen LogP contribution in [0.4, 0.5) is 9.80 Å². The normalized spacial score (nSPS) is 18.2. The van der Waals surface area contributed by atoms with Crippen molar-refractivity contribution in [2.45, 2.75) is 63.3 Å². The molecule has 2 fully saturated rings. The summed E-state index contributed by atoms with van der Waals surface area (Å²) in [5.74, 6) is -0.518. The lowest BCUT2D eigenvalue weighted by Gasteiger charge is -2.29. The first kappa shape index (κ1) is 28.6. The Kier molecular flexibility index (Phi) is 8.77. The number of piperidine rings is 2. The van der Waals surface area contributed by atoms with Crippen molar-refractivity contribution in [2.75, 3.05) is 44.6 Å². The van der Waals surface area contributed by atoms with Gasteiger partial charge in [-0.1, -0.05) is 6.42 Å². The van der Waals surface area contributed by atoms with Crippen LogP contribution in [-0.4, -0.2) is 79.8 Å². The zero-order chi connectivity index (χ0) is 28.3. The smallest absolute Gasteiger partial charge is 0.410 e. The van der Waals surface area contributed by atoms with E-state index >= 15 is 0 Å². The molecule has 2 saturated heterocycles. The number of fused-ring (bicyclic) bond motifs is 1. The summed E-state index contributed by atoms with van der Waals surface area (Å²) in [7, 11) is -3.60. The maximum Gasteiger partial charge on any atom is 0.410 e. The highest BCUT2D eigenvalue weighted by Gasteiger charge is 2.33. The standard InChI is InChI=1S/C28H36N4O6S2/c1-2-38-28(35)31-18-13-22-23(19-31)39-26(24(22)27(34)30-14-5-3-6-15-30)29-25(33)20-9-11-21(12-10-20)40(36,37)32-16-7-4-8-17-32/h9-12H,2-8,13-19H2,1H3,(H,29,33). The Balaban J connectivity index is 1.39. The second-order valence-electron chi connectivity index (χ2n) is 10.4. The topological polar surface area (TPSA) is 116 Å². The Morgan fingerprint density at radius 2 is 1.55 bits per heavy atom. The lowest BCUT2D eigenvalue weighted by atomic mass is 10.0. The Morgan fingerprint density at radius 3 is 2.20 bits per heavy atom. The average Bonchev–Trinajstić information content (AvgIpc) is 3.34. The van der Waals surface area contributed by atoms with Gasteiger partial charge in [0.1, 0.15) is 5.00 Å². The lowest BCUT2D eigenvalue weighted by Crippen LogP contribution is -2.38. The molecule has 12 heteroatoms. The molecular formula is C28H36N4O6S2. The van der Waals surface area contributed by atoms with Crippen molar-refractivity contribution in [3.63, 3.8) is 0 Å². The van der Waals surface area contributed by atoms with Gasteiger partial charge in [0.15, 0.2) is 0 Å². The summed E-state index contributed by atoms with van der Waals surface area (Å²) in [6.45, 7) is 5.17. The molecule has 1 N–H and O–H groups in total. The van der Waals surface area contributed by atoms with Crippen molar-refractivity contribution in [3.8, 4) is 0 Å². The zero-order valence-electron chi connectivity index (χ0n) is 22.8. The van der Waals surface area contributed by atoms with E-state index in [1.807, 2.05) is 4.90 Å². The number of carbonyl (C=O) groups is 3. The summed E-state index contributed by atoms with van der Waals surface area (Å²) < 4.78 is 32.7. The summed E-state index contributed by atoms with van der Waals surface area (Å²) in [6, 6.07) is 5.95. The van der Waals surface area contributed by atoms with E-state index < -0.39 is 22.0 Å². The molecule has 0 saturated carbocycles. The van der Waals surface area contributed by atoms with Gasteiger partial charge >= 0.3 is 6.09 Å². The molecule has 0 bridgehead atoms. The van der Waals surface area contributed by atoms with Crippen LogP contribution < -0.4 is 5.32 Å². The van der Waals surface area contributed by atoms with Crippen molar-refractivity contribution in [1.29, 1.82) is 0 Å². The van der Waals surface area contributed by atoms with Gasteiger partial charge in [0.2, 0.25) is 10.0 Å². The molecule has 216 valence electrons. The van der Waals surface area contributed by atoms with Crippen molar-refractivity contribution < 1.29 is 27.5 Å². The first-order valence-corrected chi connectivity index (χ1v) is 16.3. The zero-order valence-corrected chi connectivity index (χ0v) is 24.4. The Hall–Kier alpha value is -2.96. The van der Waals surface area contributed by atoms with Gasteiger partial charge in [0.05, 0.1) is 23.6 Å². The van der Waals surface area contributed by atoms with Gasteiger partial charge in [-0.25, -0.2) is 13.2 Å². The minimum absolute atomic E-state index is 0.0972. The highest BCUT2D eigenvalue weighted by molar-refractivity contribution is 7.89. The summed E-state index contributed by atoms with van der Waals surface area (Å²) in [5, 5.41) is 3.39. The summed E-state index contributed by atoms with van der Waals surface area (Å²) in [5.41, 5.74) is 1.68. The third kappa shape index (κ3) is 5.89. The molecule has 0 spiro atoms. The lowest BCUT2D eigenvalue weighted by molar-refractivity contribution is 0.0724. The molecule has 0 unspecified atom stereocenters. The van der Waals surface area contributed by atoms with Crippen molar-refractivity contribution in [3.05, 3.63) is 45.8 Å². The molecular weight excluding hydrogens is 552 g/mol. The SMILES string of the molecule is CCOC(=O)N1CCc2c(sc(NC(=O)c3ccc(S(=O)(=O)N4CCCCC4)cc3)c2C(=O)N2CCCCC2)C1. The van der Waals surface area contributed by atoms with E-state index in [0.717, 1.165) is 49.0 Å². The molecule has 10 nitrogen and oxygen atoms in total. The molecule has 3 aliphatic rings. The van der Waals surface area contributed by atoms with Crippen LogP contribution in [0.25, 0.3) is 0 Å². The largest absolute Gasteiger partial charge is 0.450 e. The number of amides is 3. The number of hydrogen-bond acceptors (Lipinski definition) is 7. The van der Waals surface area contributed by atoms with Gasteiger partial charge in [0, 0.05) is 43.2 Å². The molecule has 3 amide bonds. The average molecular weight is 589 g/mol. The number of rotatable bonds is 6. The van der Waals surface area contributed by atoms with E-state index in [9.17, 15) is 22.8 Å². The van der Waals surface area contributed by atoms with Crippen LogP contribution in [0.3, 0.4) is 0 Å². The fraction of sp³-hybridized carbons (Fsp3) is 0.536. The fourth-order valence-corrected chi connectivity index (χ4v) is 8.32. The maximum atomic E-state index is 13.7. The molecule has 4 heterocycles. The van der Waals surface area contributed by atoms with Gasteiger partial charge in [-0.3, -0.25) is 9.59 Å². The first-order valence-electron chi connectivity index (χ1n) is 14.1. The maximum absolute atomic E-state index is 13.7. The molecule has 0 aliphatic carbocycles. The highest BCUT2D eigenvalue weighted by Crippen LogP contribution is 2.39. The Labute approximate surface area is 239 Å². The van der Waals surface area contributed by atoms with Gasteiger partial charge in [0.25, 0.3) is 11.8 Å². The van der Waals surface area contributed by atoms with Crippen LogP contribution in [-0.2, 0) is 27.7 Å². The van der Waals surface area contributed by atoms with E-state index in [4.69, 9.17) is 4.74 Å². The second kappa shape index (κ2) is 12.3. The fourth-order valence-electron chi connectivity index (χ4n) is 5.55. The summed E-state index contributed by atoms with van der Waals surface area (Å²) in [4.78, 5) is 43.9. The predicted octanol–water partition coefficient (Wildman–Crippen LogP) is 4.32. The number of ether oxygens (including phenoxy) is 1. The molecule has 40 heavy (non-hydrogen) atoms. The van der Waals surface area contributed by atoms with Crippen LogP contribution in [0.2, 0.25) is 0 Å². The van der Waals surface area contributed by atoms with Gasteiger partial charge < -0.3 is 19.9 Å². The number of benzene rings is 1. The molecule has 1 aromatic heterocycles. The van der Waals surface area contributed by atoms with Gasteiger partial charge in [-0.2, -0.15) is 4.31 Å². The first-order chi connectivity index (χ1) is 19.3. The van der Waals surface area contributed by atoms with E-state index in [1.54, 1.807) is 11.8 Å². The van der Waals surface area contributed by atoms with Crippen LogP contribution in [0.5, 0.6) is 0 Å². The van der Waals surface area contributed by atoms with Crippen molar-refractivity contribution in [1.82, 2.24) is 14.1 Å². The highest BCUT2D eigenvalue weighted by atomic mass is 32.2. The molecule has 2 aromatic rings. The monoisotopic (exact) mass is 588 g/mol. The predicted molar refractivity (Wildman–Crippen MR) is 152 cm³/mol. The van der Waals surface area contributed by atoms with E-state index in [2.05, 4.69) is 5.32 Å². The summed E-state index contributed by atoms with van der Waals surface area (Å²) in [6.07, 6.45) is 5.81.